The van der Waals surface area contributed by atoms with Crippen LogP contribution in [-0.4, -0.2) is 13.2 Å². The summed E-state index contributed by atoms with van der Waals surface area (Å²) < 4.78 is 11.4. The third kappa shape index (κ3) is 4.04. The van der Waals surface area contributed by atoms with Crippen molar-refractivity contribution in [2.45, 2.75) is 52.0 Å². The summed E-state index contributed by atoms with van der Waals surface area (Å²) in [5.74, 6) is 1.95. The molecule has 4 heteroatoms. The number of ether oxygens (including phenoxy) is 2. The molecule has 2 N–H and O–H groups in total. The summed E-state index contributed by atoms with van der Waals surface area (Å²) in [6, 6.07) is 3.78. The number of nitrogens with two attached hydrogens (primary N) is 1. The zero-order chi connectivity index (χ0) is 15.2. The molecular weight excluding hydrogens is 286 g/mol. The minimum absolute atomic E-state index is 0.0498. The highest BCUT2D eigenvalue weighted by Gasteiger charge is 2.23. The summed E-state index contributed by atoms with van der Waals surface area (Å²) in [5.41, 5.74) is 7.46. The van der Waals surface area contributed by atoms with E-state index in [1.807, 2.05) is 12.1 Å². The van der Waals surface area contributed by atoms with Crippen molar-refractivity contribution in [2.24, 2.45) is 11.7 Å². The Morgan fingerprint density at radius 1 is 1.19 bits per heavy atom. The molecule has 1 aliphatic heterocycles. The van der Waals surface area contributed by atoms with Gasteiger partial charge in [0.1, 0.15) is 0 Å². The molecule has 2 rings (SSSR count). The average molecular weight is 312 g/mol. The Morgan fingerprint density at radius 2 is 1.86 bits per heavy atom. The minimum Gasteiger partial charge on any atom is -0.490 e. The Hall–Kier alpha value is -0.930. The van der Waals surface area contributed by atoms with Gasteiger partial charge in [-0.2, -0.15) is 0 Å². The van der Waals surface area contributed by atoms with Crippen molar-refractivity contribution in [3.63, 3.8) is 0 Å². The van der Waals surface area contributed by atoms with Crippen molar-refractivity contribution in [3.8, 4) is 11.5 Å². The molecule has 0 saturated heterocycles. The first-order chi connectivity index (χ1) is 10.2. The summed E-state index contributed by atoms with van der Waals surface area (Å²) in [6.45, 7) is 5.75. The second kappa shape index (κ2) is 7.90. The molecule has 0 saturated carbocycles. The van der Waals surface area contributed by atoms with E-state index in [1.54, 1.807) is 0 Å². The second-order valence-corrected chi connectivity index (χ2v) is 6.11. The molecule has 0 bridgehead atoms. The van der Waals surface area contributed by atoms with Crippen LogP contribution in [0.25, 0.3) is 0 Å². The molecule has 2 atom stereocenters. The molecule has 1 aromatic carbocycles. The Kier molecular flexibility index (Phi) is 6.19. The number of rotatable bonds is 6. The largest absolute Gasteiger partial charge is 0.490 e. The highest BCUT2D eigenvalue weighted by molar-refractivity contribution is 6.31. The summed E-state index contributed by atoms with van der Waals surface area (Å²) >= 11 is 6.43. The smallest absolute Gasteiger partial charge is 0.162 e. The normalized spacial score (nSPS) is 17.1. The predicted molar refractivity (Wildman–Crippen MR) is 87.3 cm³/mol. The predicted octanol–water partition coefficient (Wildman–Crippen LogP) is 4.72. The molecule has 0 amide bonds. The van der Waals surface area contributed by atoms with E-state index in [4.69, 9.17) is 26.8 Å². The van der Waals surface area contributed by atoms with Gasteiger partial charge in [0, 0.05) is 23.6 Å². The third-order valence-corrected chi connectivity index (χ3v) is 4.51. The maximum absolute atomic E-state index is 6.48. The molecule has 1 aliphatic rings. The first-order valence-electron chi connectivity index (χ1n) is 8.02. The monoisotopic (exact) mass is 311 g/mol. The van der Waals surface area contributed by atoms with E-state index in [0.29, 0.717) is 24.2 Å². The van der Waals surface area contributed by atoms with Crippen LogP contribution in [0.2, 0.25) is 5.02 Å². The lowest BCUT2D eigenvalue weighted by Crippen LogP contribution is -2.21. The maximum Gasteiger partial charge on any atom is 0.162 e. The number of halogens is 1. The Balaban J connectivity index is 2.23. The molecule has 2 unspecified atom stereocenters. The Labute approximate surface area is 132 Å². The van der Waals surface area contributed by atoms with Gasteiger partial charge in [-0.05, 0) is 24.0 Å². The number of unbranched alkanes of at least 4 members (excludes halogenated alkanes) is 1. The fourth-order valence-electron chi connectivity index (χ4n) is 2.81. The van der Waals surface area contributed by atoms with Gasteiger partial charge in [-0.1, -0.05) is 44.7 Å². The summed E-state index contributed by atoms with van der Waals surface area (Å²) in [6.07, 6.45) is 5.49. The first-order valence-corrected chi connectivity index (χ1v) is 8.39. The van der Waals surface area contributed by atoms with E-state index in [9.17, 15) is 0 Å². The van der Waals surface area contributed by atoms with E-state index < -0.39 is 0 Å². The molecular formula is C17H26ClNO2. The van der Waals surface area contributed by atoms with Gasteiger partial charge in [-0.15, -0.1) is 0 Å². The van der Waals surface area contributed by atoms with Gasteiger partial charge in [0.15, 0.2) is 11.5 Å². The molecule has 1 heterocycles. The van der Waals surface area contributed by atoms with Crippen LogP contribution in [0.15, 0.2) is 12.1 Å². The summed E-state index contributed by atoms with van der Waals surface area (Å²) in [7, 11) is 0. The number of hydrogen-bond acceptors (Lipinski definition) is 3. The van der Waals surface area contributed by atoms with Gasteiger partial charge in [-0.25, -0.2) is 0 Å². The zero-order valence-corrected chi connectivity index (χ0v) is 13.8. The van der Waals surface area contributed by atoms with E-state index in [2.05, 4.69) is 13.8 Å². The highest BCUT2D eigenvalue weighted by atomic mass is 35.5. The maximum atomic E-state index is 6.48. The lowest BCUT2D eigenvalue weighted by molar-refractivity contribution is 0.296. The van der Waals surface area contributed by atoms with Gasteiger partial charge in [0.05, 0.1) is 13.2 Å². The third-order valence-electron chi connectivity index (χ3n) is 4.19. The van der Waals surface area contributed by atoms with Crippen molar-refractivity contribution in [1.82, 2.24) is 0 Å². The fourth-order valence-corrected chi connectivity index (χ4v) is 3.09. The Bertz CT molecular complexity index is 464. The molecule has 0 fully saturated rings. The highest BCUT2D eigenvalue weighted by Crippen LogP contribution is 2.39. The van der Waals surface area contributed by atoms with Crippen molar-refractivity contribution in [3.05, 3.63) is 22.7 Å². The lowest BCUT2D eigenvalue weighted by Gasteiger charge is -2.24. The SMILES string of the molecule is CCCCC(CC)C(N)c1cc2c(cc1Cl)OCCCO2. The van der Waals surface area contributed by atoms with Gasteiger partial charge >= 0.3 is 0 Å². The Morgan fingerprint density at radius 3 is 2.48 bits per heavy atom. The van der Waals surface area contributed by atoms with Crippen molar-refractivity contribution < 1.29 is 9.47 Å². The quantitative estimate of drug-likeness (QED) is 0.827. The molecule has 0 aliphatic carbocycles. The molecule has 0 radical (unpaired) electrons. The van der Waals surface area contributed by atoms with Crippen LogP contribution < -0.4 is 15.2 Å². The van der Waals surface area contributed by atoms with E-state index in [0.717, 1.165) is 36.3 Å². The van der Waals surface area contributed by atoms with Gasteiger partial charge in [-0.3, -0.25) is 0 Å². The fraction of sp³-hybridized carbons (Fsp3) is 0.647. The zero-order valence-electron chi connectivity index (χ0n) is 13.0. The van der Waals surface area contributed by atoms with Crippen LogP contribution >= 0.6 is 11.6 Å². The molecule has 0 spiro atoms. The number of benzene rings is 1. The number of fused-ring (bicyclic) bond motifs is 1. The minimum atomic E-state index is -0.0498. The van der Waals surface area contributed by atoms with Crippen molar-refractivity contribution in [1.29, 1.82) is 0 Å². The molecule has 0 aromatic heterocycles. The van der Waals surface area contributed by atoms with E-state index in [1.165, 1.54) is 12.8 Å². The molecule has 21 heavy (non-hydrogen) atoms. The standard InChI is InChI=1S/C17H26ClNO2/c1-3-5-7-12(4-2)17(19)13-10-15-16(11-14(13)18)21-9-6-8-20-15/h10-12,17H,3-9,19H2,1-2H3. The van der Waals surface area contributed by atoms with Crippen LogP contribution in [-0.2, 0) is 0 Å². The van der Waals surface area contributed by atoms with Crippen molar-refractivity contribution in [2.75, 3.05) is 13.2 Å². The van der Waals surface area contributed by atoms with Crippen LogP contribution in [0.5, 0.6) is 11.5 Å². The molecule has 3 nitrogen and oxygen atoms in total. The van der Waals surface area contributed by atoms with Gasteiger partial charge < -0.3 is 15.2 Å². The summed E-state index contributed by atoms with van der Waals surface area (Å²) in [5, 5.41) is 0.682. The molecule has 118 valence electrons. The van der Waals surface area contributed by atoms with Gasteiger partial charge in [0.25, 0.3) is 0 Å². The van der Waals surface area contributed by atoms with Crippen molar-refractivity contribution >= 4 is 11.6 Å². The van der Waals surface area contributed by atoms with Crippen LogP contribution in [0, 0.1) is 5.92 Å². The summed E-state index contributed by atoms with van der Waals surface area (Å²) in [4.78, 5) is 0. The average Bonchev–Trinajstić information content (AvgIpc) is 2.71. The van der Waals surface area contributed by atoms with Gasteiger partial charge in [0.2, 0.25) is 0 Å². The molecule has 1 aromatic rings. The number of hydrogen-bond donors (Lipinski definition) is 1. The van der Waals surface area contributed by atoms with E-state index in [-0.39, 0.29) is 6.04 Å². The van der Waals surface area contributed by atoms with Crippen LogP contribution in [0.1, 0.15) is 57.6 Å². The van der Waals surface area contributed by atoms with Crippen LogP contribution in [0.3, 0.4) is 0 Å². The first kappa shape index (κ1) is 16.4. The lowest BCUT2D eigenvalue weighted by atomic mass is 9.87. The topological polar surface area (TPSA) is 44.5 Å². The second-order valence-electron chi connectivity index (χ2n) is 5.71. The van der Waals surface area contributed by atoms with Crippen LogP contribution in [0.4, 0.5) is 0 Å². The van der Waals surface area contributed by atoms with E-state index >= 15 is 0 Å².